The second-order valence-corrected chi connectivity index (χ2v) is 14.4. The quantitative estimate of drug-likeness (QED) is 0.201. The number of para-hydroxylation sites is 1. The van der Waals surface area contributed by atoms with Crippen molar-refractivity contribution in [3.05, 3.63) is 156 Å². The molecule has 1 aliphatic carbocycles. The number of fused-ring (bicyclic) bond motifs is 7. The largest absolute Gasteiger partial charge is 0.355 e. The van der Waals surface area contributed by atoms with E-state index in [0.29, 0.717) is 0 Å². The molecule has 216 valence electrons. The zero-order valence-corrected chi connectivity index (χ0v) is 26.5. The van der Waals surface area contributed by atoms with Gasteiger partial charge in [0.05, 0.1) is 9.40 Å². The molecule has 0 amide bonds. The fraction of sp³-hybridized carbons (Fsp3) is 0.0233. The monoisotopic (exact) mass is 621 g/mol. The lowest BCUT2D eigenvalue weighted by Crippen LogP contribution is -1.87. The molecule has 0 radical (unpaired) electrons. The van der Waals surface area contributed by atoms with Crippen LogP contribution in [-0.4, -0.2) is 4.98 Å². The van der Waals surface area contributed by atoms with Crippen LogP contribution in [0.2, 0.25) is 0 Å². The minimum absolute atomic E-state index is 1.00. The number of thiophene rings is 2. The van der Waals surface area contributed by atoms with Crippen molar-refractivity contribution in [2.24, 2.45) is 0 Å². The van der Waals surface area contributed by atoms with E-state index in [0.717, 1.165) is 12.1 Å². The fourth-order valence-electron chi connectivity index (χ4n) is 7.08. The summed E-state index contributed by atoms with van der Waals surface area (Å²) >= 11 is 3.84. The van der Waals surface area contributed by atoms with E-state index in [1.165, 1.54) is 90.6 Å². The second-order valence-electron chi connectivity index (χ2n) is 12.3. The van der Waals surface area contributed by atoms with Crippen molar-refractivity contribution in [3.63, 3.8) is 0 Å². The van der Waals surface area contributed by atoms with Crippen molar-refractivity contribution in [2.75, 3.05) is 0 Å². The van der Waals surface area contributed by atoms with E-state index in [4.69, 9.17) is 0 Å². The van der Waals surface area contributed by atoms with Crippen LogP contribution in [0.25, 0.3) is 85.6 Å². The Balaban J connectivity index is 1.02. The first-order valence-electron chi connectivity index (χ1n) is 15.7. The van der Waals surface area contributed by atoms with E-state index in [1.54, 1.807) is 0 Å². The number of rotatable bonds is 4. The normalized spacial score (nSPS) is 12.8. The molecule has 1 aliphatic rings. The van der Waals surface area contributed by atoms with Crippen molar-refractivity contribution in [2.45, 2.75) is 6.42 Å². The summed E-state index contributed by atoms with van der Waals surface area (Å²) in [5, 5.41) is 3.95. The number of aromatic amines is 1. The number of hydrogen-bond acceptors (Lipinski definition) is 2. The van der Waals surface area contributed by atoms with E-state index in [-0.39, 0.29) is 0 Å². The average molecular weight is 622 g/mol. The number of aromatic nitrogens is 1. The predicted octanol–water partition coefficient (Wildman–Crippen LogP) is 12.8. The number of nitrogens with one attached hydrogen (secondary N) is 1. The maximum absolute atomic E-state index is 3.59. The highest BCUT2D eigenvalue weighted by molar-refractivity contribution is 7.36. The minimum atomic E-state index is 1.00. The average Bonchev–Trinajstić information content (AvgIpc) is 3.89. The van der Waals surface area contributed by atoms with Crippen molar-refractivity contribution in [1.82, 2.24) is 4.98 Å². The van der Waals surface area contributed by atoms with Gasteiger partial charge >= 0.3 is 0 Å². The third-order valence-corrected chi connectivity index (χ3v) is 12.0. The Hall–Kier alpha value is -5.22. The Labute approximate surface area is 274 Å². The lowest BCUT2D eigenvalue weighted by atomic mass is 9.97. The standard InChI is InChI=1S/C43H27NS2/c1-2-8-27-22-35(21-26(27)7-1)30-12-5-10-28(19-30)31-15-17-40-36(23-31)42-43(45-40)37-24-32(16-18-41(37)46-42)29-11-6-13-33(20-29)39-25-34-9-3-4-14-38(34)44-39/h1-21,23-25,44H,22H2. The molecule has 3 heteroatoms. The van der Waals surface area contributed by atoms with Crippen LogP contribution in [0.5, 0.6) is 0 Å². The molecule has 9 aromatic rings. The first-order valence-corrected chi connectivity index (χ1v) is 17.3. The van der Waals surface area contributed by atoms with Crippen LogP contribution in [0, 0.1) is 0 Å². The molecular formula is C43H27NS2. The van der Waals surface area contributed by atoms with E-state index in [2.05, 4.69) is 151 Å². The molecule has 0 atom stereocenters. The molecule has 0 bridgehead atoms. The van der Waals surface area contributed by atoms with Crippen molar-refractivity contribution in [3.8, 4) is 33.5 Å². The molecule has 10 rings (SSSR count). The molecule has 6 aromatic carbocycles. The van der Waals surface area contributed by atoms with Gasteiger partial charge in [-0.3, -0.25) is 0 Å². The van der Waals surface area contributed by atoms with E-state index in [1.807, 2.05) is 22.7 Å². The zero-order valence-electron chi connectivity index (χ0n) is 24.9. The maximum atomic E-state index is 3.59. The number of allylic oxidation sites excluding steroid dienone is 1. The van der Waals surface area contributed by atoms with Gasteiger partial charge in [-0.1, -0.05) is 97.1 Å². The van der Waals surface area contributed by atoms with Gasteiger partial charge in [-0.05, 0) is 105 Å². The Bertz CT molecular complexity index is 2640. The molecule has 0 saturated heterocycles. The van der Waals surface area contributed by atoms with E-state index < -0.39 is 0 Å². The molecule has 46 heavy (non-hydrogen) atoms. The maximum Gasteiger partial charge on any atom is 0.0542 e. The van der Waals surface area contributed by atoms with Crippen LogP contribution in [0.4, 0.5) is 0 Å². The van der Waals surface area contributed by atoms with Crippen LogP contribution in [-0.2, 0) is 6.42 Å². The fourth-order valence-corrected chi connectivity index (χ4v) is 9.67. The van der Waals surface area contributed by atoms with Crippen molar-refractivity contribution in [1.29, 1.82) is 0 Å². The molecule has 1 nitrogen and oxygen atoms in total. The Morgan fingerprint density at radius 2 is 1.09 bits per heavy atom. The summed E-state index contributed by atoms with van der Waals surface area (Å²) in [5.41, 5.74) is 14.0. The number of benzene rings is 6. The van der Waals surface area contributed by atoms with Crippen LogP contribution >= 0.6 is 22.7 Å². The van der Waals surface area contributed by atoms with Gasteiger partial charge in [0.2, 0.25) is 0 Å². The molecule has 1 N–H and O–H groups in total. The third-order valence-electron chi connectivity index (χ3n) is 9.45. The van der Waals surface area contributed by atoms with Crippen LogP contribution in [0.1, 0.15) is 16.7 Å². The van der Waals surface area contributed by atoms with Gasteiger partial charge in [0.25, 0.3) is 0 Å². The predicted molar refractivity (Wildman–Crippen MR) is 201 cm³/mol. The van der Waals surface area contributed by atoms with Crippen molar-refractivity contribution >= 4 is 74.8 Å². The van der Waals surface area contributed by atoms with E-state index >= 15 is 0 Å². The summed E-state index contributed by atoms with van der Waals surface area (Å²) in [6.07, 6.45) is 3.35. The van der Waals surface area contributed by atoms with Gasteiger partial charge in [0, 0.05) is 36.8 Å². The van der Waals surface area contributed by atoms with Crippen molar-refractivity contribution < 1.29 is 0 Å². The van der Waals surface area contributed by atoms with Crippen LogP contribution in [0.15, 0.2) is 140 Å². The lowest BCUT2D eigenvalue weighted by Gasteiger charge is -2.07. The summed E-state index contributed by atoms with van der Waals surface area (Å²) in [5.74, 6) is 0. The van der Waals surface area contributed by atoms with Gasteiger partial charge in [0.1, 0.15) is 0 Å². The molecule has 3 heterocycles. The Morgan fingerprint density at radius 3 is 1.80 bits per heavy atom. The molecule has 0 unspecified atom stereocenters. The minimum Gasteiger partial charge on any atom is -0.355 e. The first-order chi connectivity index (χ1) is 22.7. The highest BCUT2D eigenvalue weighted by Gasteiger charge is 2.16. The molecule has 0 aliphatic heterocycles. The number of H-pyrrole nitrogens is 1. The second kappa shape index (κ2) is 10.1. The van der Waals surface area contributed by atoms with Gasteiger partial charge < -0.3 is 4.98 Å². The Morgan fingerprint density at radius 1 is 0.478 bits per heavy atom. The smallest absolute Gasteiger partial charge is 0.0542 e. The lowest BCUT2D eigenvalue weighted by molar-refractivity contribution is 1.32. The molecule has 0 saturated carbocycles. The molecule has 0 fully saturated rings. The topological polar surface area (TPSA) is 15.8 Å². The summed E-state index contributed by atoms with van der Waals surface area (Å²) in [6, 6.07) is 51.4. The van der Waals surface area contributed by atoms with Gasteiger partial charge in [-0.2, -0.15) is 0 Å². The molecule has 0 spiro atoms. The third kappa shape index (κ3) is 4.20. The van der Waals surface area contributed by atoms with Gasteiger partial charge in [-0.25, -0.2) is 0 Å². The number of hydrogen-bond donors (Lipinski definition) is 1. The van der Waals surface area contributed by atoms with Crippen LogP contribution < -0.4 is 0 Å². The summed E-state index contributed by atoms with van der Waals surface area (Å²) < 4.78 is 5.48. The SMILES string of the molecule is C1=C(c2cccc(-c3ccc4sc5c6cc(-c7cccc(-c8cc9ccccc9[nH]8)c7)ccc6sc5c4c3)c2)Cc2ccccc21. The van der Waals surface area contributed by atoms with Gasteiger partial charge in [-0.15, -0.1) is 22.7 Å². The van der Waals surface area contributed by atoms with E-state index in [9.17, 15) is 0 Å². The molecule has 3 aromatic heterocycles. The highest BCUT2D eigenvalue weighted by atomic mass is 32.1. The first kappa shape index (κ1) is 26.0. The highest BCUT2D eigenvalue weighted by Crippen LogP contribution is 2.46. The zero-order chi connectivity index (χ0) is 30.2. The van der Waals surface area contributed by atoms with Gasteiger partial charge in [0.15, 0.2) is 0 Å². The molecular weight excluding hydrogens is 595 g/mol. The summed E-state index contributed by atoms with van der Waals surface area (Å²) in [6.45, 7) is 0. The summed E-state index contributed by atoms with van der Waals surface area (Å²) in [7, 11) is 0. The Kier molecular flexibility index (Phi) is 5.75. The van der Waals surface area contributed by atoms with Crippen LogP contribution in [0.3, 0.4) is 0 Å². The summed E-state index contributed by atoms with van der Waals surface area (Å²) in [4.78, 5) is 3.59.